The summed E-state index contributed by atoms with van der Waals surface area (Å²) in [6.45, 7) is 10.5. The fraction of sp³-hybridized carbons (Fsp3) is 0.163. The average Bonchev–Trinajstić information content (AvgIpc) is 3.07. The van der Waals surface area contributed by atoms with Gasteiger partial charge in [-0.2, -0.15) is 0 Å². The van der Waals surface area contributed by atoms with E-state index in [1.54, 1.807) is 0 Å². The molecule has 47 heavy (non-hydrogen) atoms. The van der Waals surface area contributed by atoms with Crippen LogP contribution < -0.4 is 18.9 Å². The molecule has 6 aromatic rings. The van der Waals surface area contributed by atoms with Gasteiger partial charge in [0.25, 0.3) is 0 Å². The third-order valence-corrected chi connectivity index (χ3v) is 7.57. The lowest BCUT2D eigenvalue weighted by atomic mass is 9.99. The highest BCUT2D eigenvalue weighted by Gasteiger charge is 2.18. The lowest BCUT2D eigenvalue weighted by Crippen LogP contribution is -2.23. The van der Waals surface area contributed by atoms with Gasteiger partial charge in [0.2, 0.25) is 0 Å². The van der Waals surface area contributed by atoms with Crippen molar-refractivity contribution in [2.45, 2.75) is 46.1 Å². The van der Waals surface area contributed by atoms with E-state index in [0.29, 0.717) is 28.9 Å². The first kappa shape index (κ1) is 31.5. The van der Waals surface area contributed by atoms with Gasteiger partial charge in [-0.1, -0.05) is 98.8 Å². The Morgan fingerprint density at radius 1 is 0.404 bits per heavy atom. The molecule has 0 saturated heterocycles. The van der Waals surface area contributed by atoms with E-state index >= 15 is 0 Å². The van der Waals surface area contributed by atoms with Crippen molar-refractivity contribution >= 4 is 0 Å². The molecule has 0 amide bonds. The molecule has 6 aromatic carbocycles. The highest BCUT2D eigenvalue weighted by Crippen LogP contribution is 2.42. The van der Waals surface area contributed by atoms with Crippen LogP contribution in [0.2, 0.25) is 0 Å². The van der Waals surface area contributed by atoms with Crippen molar-refractivity contribution in [1.82, 2.24) is 0 Å². The van der Waals surface area contributed by atoms with E-state index in [4.69, 9.17) is 18.9 Å². The van der Waals surface area contributed by atoms with Gasteiger partial charge in [-0.05, 0) is 115 Å². The van der Waals surface area contributed by atoms with Gasteiger partial charge in [0.15, 0.2) is 23.0 Å². The van der Waals surface area contributed by atoms with Crippen molar-refractivity contribution in [2.24, 2.45) is 0 Å². The molecule has 0 aliphatic rings. The Morgan fingerprint density at radius 3 is 1.30 bits per heavy atom. The molecule has 4 nitrogen and oxygen atoms in total. The number of hydrogen-bond acceptors (Lipinski definition) is 4. The Hall–Kier alpha value is -5.48. The van der Waals surface area contributed by atoms with Crippen molar-refractivity contribution in [3.8, 4) is 62.5 Å². The quantitative estimate of drug-likeness (QED) is 0.153. The summed E-state index contributed by atoms with van der Waals surface area (Å²) in [6.07, 6.45) is 0. The van der Waals surface area contributed by atoms with Crippen molar-refractivity contribution < 1.29 is 18.9 Å². The molecular formula is C43H40O4. The van der Waals surface area contributed by atoms with Crippen LogP contribution in [-0.2, 0) is 0 Å². The predicted octanol–water partition coefficient (Wildman–Crippen LogP) is 12.7. The van der Waals surface area contributed by atoms with Crippen LogP contribution in [0.3, 0.4) is 0 Å². The molecule has 6 rings (SSSR count). The van der Waals surface area contributed by atoms with E-state index < -0.39 is 0 Å². The van der Waals surface area contributed by atoms with Crippen molar-refractivity contribution in [2.75, 3.05) is 0 Å². The second-order valence-corrected chi connectivity index (χ2v) is 12.8. The van der Waals surface area contributed by atoms with Gasteiger partial charge in [0.05, 0.1) is 0 Å². The fourth-order valence-corrected chi connectivity index (χ4v) is 5.17. The number of rotatable bonds is 10. The maximum atomic E-state index is 6.42. The molecule has 0 unspecified atom stereocenters. The van der Waals surface area contributed by atoms with Crippen LogP contribution in [0.5, 0.6) is 40.2 Å². The minimum absolute atomic E-state index is 0.386. The molecule has 4 heteroatoms. The van der Waals surface area contributed by atoms with E-state index in [2.05, 4.69) is 50.2 Å². The van der Waals surface area contributed by atoms with Gasteiger partial charge in [0, 0.05) is 0 Å². The zero-order valence-corrected chi connectivity index (χ0v) is 27.6. The summed E-state index contributed by atoms with van der Waals surface area (Å²) < 4.78 is 25.4. The van der Waals surface area contributed by atoms with Crippen LogP contribution in [0.25, 0.3) is 22.3 Å². The smallest absolute Gasteiger partial charge is 0.170 e. The average molecular weight is 621 g/mol. The Kier molecular flexibility index (Phi) is 9.30. The SMILES string of the molecule is CC(C)c1ccc(-c2ccc(Oc3ccc(-c4ccc(OC(C)(C)C)c(Oc5ccccc5)c4)cc3Oc3ccccc3)cc2)cc1. The Labute approximate surface area is 278 Å². The highest BCUT2D eigenvalue weighted by atomic mass is 16.5. The van der Waals surface area contributed by atoms with Crippen LogP contribution in [0, 0.1) is 0 Å². The van der Waals surface area contributed by atoms with Gasteiger partial charge in [-0.15, -0.1) is 0 Å². The van der Waals surface area contributed by atoms with Crippen molar-refractivity contribution in [1.29, 1.82) is 0 Å². The molecule has 0 N–H and O–H groups in total. The largest absolute Gasteiger partial charge is 0.484 e. The summed E-state index contributed by atoms with van der Waals surface area (Å²) in [6, 6.07) is 48.3. The van der Waals surface area contributed by atoms with Crippen LogP contribution >= 0.6 is 0 Å². The molecule has 0 atom stereocenters. The fourth-order valence-electron chi connectivity index (χ4n) is 5.17. The lowest BCUT2D eigenvalue weighted by molar-refractivity contribution is 0.126. The molecule has 0 fully saturated rings. The number of ether oxygens (including phenoxy) is 4. The molecule has 0 aliphatic carbocycles. The van der Waals surface area contributed by atoms with E-state index in [9.17, 15) is 0 Å². The highest BCUT2D eigenvalue weighted by molar-refractivity contribution is 5.71. The molecule has 0 aliphatic heterocycles. The number of hydrogen-bond donors (Lipinski definition) is 0. The topological polar surface area (TPSA) is 36.9 Å². The number of para-hydroxylation sites is 2. The zero-order valence-electron chi connectivity index (χ0n) is 27.6. The van der Waals surface area contributed by atoms with Crippen LogP contribution in [-0.4, -0.2) is 5.60 Å². The molecule has 236 valence electrons. The van der Waals surface area contributed by atoms with Gasteiger partial charge < -0.3 is 18.9 Å². The van der Waals surface area contributed by atoms with Gasteiger partial charge in [-0.3, -0.25) is 0 Å². The minimum atomic E-state index is -0.386. The standard InChI is InChI=1S/C43H40O4/c1-30(2)31-16-18-32(19-17-31)33-20-24-38(25-21-33)44-39-26-22-34(28-41(39)45-36-12-8-6-9-13-36)35-23-27-40(47-43(3,4)5)42(29-35)46-37-14-10-7-11-15-37/h6-30H,1-5H3. The minimum Gasteiger partial charge on any atom is -0.484 e. The normalized spacial score (nSPS) is 11.3. The summed E-state index contributed by atoms with van der Waals surface area (Å²) in [5, 5.41) is 0. The van der Waals surface area contributed by atoms with Crippen LogP contribution in [0.15, 0.2) is 146 Å². The molecular weight excluding hydrogens is 580 g/mol. The molecule has 0 saturated carbocycles. The summed E-state index contributed by atoms with van der Waals surface area (Å²) in [5.74, 6) is 5.20. The third kappa shape index (κ3) is 8.22. The molecule has 0 spiro atoms. The summed E-state index contributed by atoms with van der Waals surface area (Å²) in [4.78, 5) is 0. The zero-order chi connectivity index (χ0) is 32.8. The second kappa shape index (κ2) is 13.9. The van der Waals surface area contributed by atoms with Gasteiger partial charge in [-0.25, -0.2) is 0 Å². The third-order valence-electron chi connectivity index (χ3n) is 7.57. The van der Waals surface area contributed by atoms with E-state index in [1.165, 1.54) is 11.1 Å². The first-order chi connectivity index (χ1) is 22.7. The molecule has 0 bridgehead atoms. The Morgan fingerprint density at radius 2 is 0.809 bits per heavy atom. The van der Waals surface area contributed by atoms with Crippen molar-refractivity contribution in [3.63, 3.8) is 0 Å². The van der Waals surface area contributed by atoms with Crippen LogP contribution in [0.4, 0.5) is 0 Å². The first-order valence-corrected chi connectivity index (χ1v) is 16.0. The summed E-state index contributed by atoms with van der Waals surface area (Å²) in [5.41, 5.74) is 5.15. The Bertz CT molecular complexity index is 1900. The van der Waals surface area contributed by atoms with E-state index in [1.807, 2.05) is 130 Å². The summed E-state index contributed by atoms with van der Waals surface area (Å²) >= 11 is 0. The van der Waals surface area contributed by atoms with Gasteiger partial charge >= 0.3 is 0 Å². The molecule has 0 heterocycles. The monoisotopic (exact) mass is 620 g/mol. The number of benzene rings is 6. The molecule has 0 aromatic heterocycles. The van der Waals surface area contributed by atoms with Gasteiger partial charge in [0.1, 0.15) is 22.8 Å². The predicted molar refractivity (Wildman–Crippen MR) is 191 cm³/mol. The van der Waals surface area contributed by atoms with E-state index in [0.717, 1.165) is 33.9 Å². The van der Waals surface area contributed by atoms with E-state index in [-0.39, 0.29) is 5.60 Å². The lowest BCUT2D eigenvalue weighted by Gasteiger charge is -2.23. The Balaban J connectivity index is 1.31. The summed E-state index contributed by atoms with van der Waals surface area (Å²) in [7, 11) is 0. The first-order valence-electron chi connectivity index (χ1n) is 16.0. The van der Waals surface area contributed by atoms with Crippen LogP contribution in [0.1, 0.15) is 46.1 Å². The van der Waals surface area contributed by atoms with Crippen molar-refractivity contribution in [3.05, 3.63) is 151 Å². The maximum absolute atomic E-state index is 6.42. The second-order valence-electron chi connectivity index (χ2n) is 12.8. The maximum Gasteiger partial charge on any atom is 0.170 e. The molecule has 0 radical (unpaired) electrons.